The third-order valence-electron chi connectivity index (χ3n) is 2.20. The normalized spacial score (nSPS) is 11.4. The van der Waals surface area contributed by atoms with Gasteiger partial charge in [0.15, 0.2) is 0 Å². The first-order valence-electron chi connectivity index (χ1n) is 5.04. The van der Waals surface area contributed by atoms with E-state index in [9.17, 15) is 22.4 Å². The maximum Gasteiger partial charge on any atom is 0.419 e. The van der Waals surface area contributed by atoms with Crippen LogP contribution in [0.15, 0.2) is 18.2 Å². The number of aromatic nitrogens is 2. The molecule has 0 aliphatic rings. The number of halogens is 4. The third-order valence-corrected chi connectivity index (χ3v) is 2.86. The van der Waals surface area contributed by atoms with Gasteiger partial charge in [-0.05, 0) is 18.2 Å². The van der Waals surface area contributed by atoms with Gasteiger partial charge < -0.3 is 5.73 Å². The summed E-state index contributed by atoms with van der Waals surface area (Å²) < 4.78 is 50.6. The average molecular weight is 306 g/mol. The number of nitrogen functional groups attached to an aromatic ring is 1. The van der Waals surface area contributed by atoms with E-state index in [0.717, 1.165) is 17.4 Å². The lowest BCUT2D eigenvalue weighted by molar-refractivity contribution is -0.140. The summed E-state index contributed by atoms with van der Waals surface area (Å²) in [7, 11) is 0. The fourth-order valence-corrected chi connectivity index (χ4v) is 1.84. The minimum Gasteiger partial charge on any atom is -0.374 e. The number of rotatable bonds is 2. The number of carbonyl (C=O) groups is 1. The second kappa shape index (κ2) is 5.04. The molecular weight excluding hydrogens is 300 g/mol. The lowest BCUT2D eigenvalue weighted by atomic mass is 10.1. The minimum absolute atomic E-state index is 0.0328. The molecule has 0 fully saturated rings. The van der Waals surface area contributed by atoms with Gasteiger partial charge in [-0.15, -0.1) is 10.2 Å². The van der Waals surface area contributed by atoms with E-state index in [0.29, 0.717) is 12.1 Å². The van der Waals surface area contributed by atoms with Gasteiger partial charge in [-0.2, -0.15) is 13.2 Å². The Morgan fingerprint density at radius 2 is 2.00 bits per heavy atom. The number of nitrogens with one attached hydrogen (secondary N) is 1. The Morgan fingerprint density at radius 3 is 2.55 bits per heavy atom. The summed E-state index contributed by atoms with van der Waals surface area (Å²) in [6.45, 7) is 0. The zero-order valence-electron chi connectivity index (χ0n) is 9.53. The standard InChI is InChI=1S/C10H6F4N4OS/c11-6-2-1-4(3-5(6)10(12,13)14)7(19)16-9-18-17-8(15)20-9/h1-3H,(H2,15,17)(H,16,18,19). The fourth-order valence-electron chi connectivity index (χ4n) is 1.34. The summed E-state index contributed by atoms with van der Waals surface area (Å²) in [6.07, 6.45) is -4.88. The summed E-state index contributed by atoms with van der Waals surface area (Å²) in [5.74, 6) is -2.32. The van der Waals surface area contributed by atoms with Gasteiger partial charge in [-0.3, -0.25) is 10.1 Å². The van der Waals surface area contributed by atoms with Crippen LogP contribution in [0.25, 0.3) is 0 Å². The van der Waals surface area contributed by atoms with Gasteiger partial charge in [-0.1, -0.05) is 11.3 Å². The van der Waals surface area contributed by atoms with E-state index in [1.54, 1.807) is 0 Å². The Bertz CT molecular complexity index is 655. The molecule has 106 valence electrons. The van der Waals surface area contributed by atoms with Crippen LogP contribution in [0.1, 0.15) is 15.9 Å². The van der Waals surface area contributed by atoms with E-state index in [2.05, 4.69) is 15.5 Å². The lowest BCUT2D eigenvalue weighted by Crippen LogP contribution is -2.15. The molecule has 1 aromatic carbocycles. The zero-order chi connectivity index (χ0) is 14.9. The van der Waals surface area contributed by atoms with Crippen LogP contribution in [0.2, 0.25) is 0 Å². The molecule has 0 bridgehead atoms. The van der Waals surface area contributed by atoms with Gasteiger partial charge >= 0.3 is 6.18 Å². The maximum atomic E-state index is 13.1. The number of carbonyl (C=O) groups excluding carboxylic acids is 1. The highest BCUT2D eigenvalue weighted by Gasteiger charge is 2.34. The molecule has 20 heavy (non-hydrogen) atoms. The zero-order valence-corrected chi connectivity index (χ0v) is 10.3. The average Bonchev–Trinajstić information content (AvgIpc) is 2.73. The molecule has 0 aliphatic carbocycles. The van der Waals surface area contributed by atoms with E-state index in [1.165, 1.54) is 0 Å². The predicted molar refractivity (Wildman–Crippen MR) is 63.7 cm³/mol. The van der Waals surface area contributed by atoms with E-state index in [4.69, 9.17) is 5.73 Å². The molecule has 1 heterocycles. The van der Waals surface area contributed by atoms with Crippen LogP contribution in [0.3, 0.4) is 0 Å². The molecule has 3 N–H and O–H groups in total. The number of amides is 1. The van der Waals surface area contributed by atoms with Gasteiger partial charge in [0, 0.05) is 5.56 Å². The van der Waals surface area contributed by atoms with Crippen molar-refractivity contribution in [3.8, 4) is 0 Å². The van der Waals surface area contributed by atoms with Crippen LogP contribution in [0.5, 0.6) is 0 Å². The summed E-state index contributed by atoms with van der Waals surface area (Å²) in [6, 6.07) is 1.94. The first kappa shape index (κ1) is 14.2. The predicted octanol–water partition coefficient (Wildman–Crippen LogP) is 2.53. The minimum atomic E-state index is -4.88. The Kier molecular flexibility index (Phi) is 3.57. The number of hydrogen-bond acceptors (Lipinski definition) is 5. The van der Waals surface area contributed by atoms with Crippen LogP contribution in [-0.2, 0) is 6.18 Å². The van der Waals surface area contributed by atoms with Crippen molar-refractivity contribution in [2.45, 2.75) is 6.18 Å². The highest BCUT2D eigenvalue weighted by Crippen LogP contribution is 2.32. The van der Waals surface area contributed by atoms with Crippen molar-refractivity contribution in [2.75, 3.05) is 11.1 Å². The van der Waals surface area contributed by atoms with Gasteiger partial charge in [0.1, 0.15) is 5.82 Å². The molecule has 1 amide bonds. The molecule has 1 aromatic heterocycles. The first-order chi connectivity index (χ1) is 9.27. The first-order valence-corrected chi connectivity index (χ1v) is 5.86. The lowest BCUT2D eigenvalue weighted by Gasteiger charge is -2.09. The maximum absolute atomic E-state index is 13.1. The quantitative estimate of drug-likeness (QED) is 0.835. The molecule has 0 saturated heterocycles. The largest absolute Gasteiger partial charge is 0.419 e. The summed E-state index contributed by atoms with van der Waals surface area (Å²) in [5.41, 5.74) is 3.42. The SMILES string of the molecule is Nc1nnc(NC(=O)c2ccc(F)c(C(F)(F)F)c2)s1. The third kappa shape index (κ3) is 3.02. The smallest absolute Gasteiger partial charge is 0.374 e. The van der Waals surface area contributed by atoms with Gasteiger partial charge in [0.25, 0.3) is 5.91 Å². The Balaban J connectivity index is 2.27. The molecule has 10 heteroatoms. The molecule has 0 spiro atoms. The Labute approximate surface area is 113 Å². The van der Waals surface area contributed by atoms with Crippen molar-refractivity contribution in [1.29, 1.82) is 0 Å². The van der Waals surface area contributed by atoms with E-state index < -0.39 is 23.5 Å². The molecule has 2 aromatic rings. The molecule has 0 atom stereocenters. The van der Waals surface area contributed by atoms with E-state index >= 15 is 0 Å². The number of hydrogen-bond donors (Lipinski definition) is 2. The summed E-state index contributed by atoms with van der Waals surface area (Å²) >= 11 is 0.851. The molecule has 0 saturated carbocycles. The van der Waals surface area contributed by atoms with Crippen molar-refractivity contribution in [3.05, 3.63) is 35.1 Å². The van der Waals surface area contributed by atoms with Crippen LogP contribution in [-0.4, -0.2) is 16.1 Å². The van der Waals surface area contributed by atoms with Crippen LogP contribution < -0.4 is 11.1 Å². The van der Waals surface area contributed by atoms with Crippen molar-refractivity contribution < 1.29 is 22.4 Å². The second-order valence-corrected chi connectivity index (χ2v) is 4.60. The van der Waals surface area contributed by atoms with Crippen molar-refractivity contribution in [3.63, 3.8) is 0 Å². The number of anilines is 2. The van der Waals surface area contributed by atoms with Crippen molar-refractivity contribution >= 4 is 27.5 Å². The van der Waals surface area contributed by atoms with Crippen LogP contribution in [0.4, 0.5) is 27.8 Å². The number of benzene rings is 1. The molecule has 5 nitrogen and oxygen atoms in total. The van der Waals surface area contributed by atoms with Crippen LogP contribution in [0, 0.1) is 5.82 Å². The second-order valence-electron chi connectivity index (χ2n) is 3.59. The number of nitrogens with zero attached hydrogens (tertiary/aromatic N) is 2. The highest BCUT2D eigenvalue weighted by atomic mass is 32.1. The van der Waals surface area contributed by atoms with E-state index in [1.807, 2.05) is 0 Å². The van der Waals surface area contributed by atoms with E-state index in [-0.39, 0.29) is 15.8 Å². The van der Waals surface area contributed by atoms with Crippen LogP contribution >= 0.6 is 11.3 Å². The van der Waals surface area contributed by atoms with Crippen molar-refractivity contribution in [1.82, 2.24) is 10.2 Å². The topological polar surface area (TPSA) is 80.9 Å². The molecule has 2 rings (SSSR count). The molecule has 0 radical (unpaired) electrons. The molecular formula is C10H6F4N4OS. The summed E-state index contributed by atoms with van der Waals surface area (Å²) in [5, 5.41) is 9.25. The molecule has 0 unspecified atom stereocenters. The van der Waals surface area contributed by atoms with Gasteiger partial charge in [0.05, 0.1) is 5.56 Å². The number of nitrogens with two attached hydrogens (primary N) is 1. The van der Waals surface area contributed by atoms with Gasteiger partial charge in [0.2, 0.25) is 10.3 Å². The Hall–Kier alpha value is -2.23. The van der Waals surface area contributed by atoms with Crippen molar-refractivity contribution in [2.24, 2.45) is 0 Å². The fraction of sp³-hybridized carbons (Fsp3) is 0.100. The highest BCUT2D eigenvalue weighted by molar-refractivity contribution is 7.19. The number of alkyl halides is 3. The van der Waals surface area contributed by atoms with Gasteiger partial charge in [-0.25, -0.2) is 4.39 Å². The summed E-state index contributed by atoms with van der Waals surface area (Å²) in [4.78, 5) is 11.7. The monoisotopic (exact) mass is 306 g/mol. The Morgan fingerprint density at radius 1 is 1.30 bits per heavy atom. The molecule has 0 aliphatic heterocycles.